The molecule has 2 N–H and O–H groups in total. The van der Waals surface area contributed by atoms with E-state index in [1.54, 1.807) is 19.4 Å². The zero-order chi connectivity index (χ0) is 14.0. The van der Waals surface area contributed by atoms with Crippen LogP contribution in [-0.2, 0) is 5.41 Å². The lowest BCUT2D eigenvalue weighted by Gasteiger charge is -2.11. The van der Waals surface area contributed by atoms with E-state index in [9.17, 15) is 0 Å². The van der Waals surface area contributed by atoms with E-state index in [2.05, 4.69) is 15.1 Å². The number of aromatic nitrogens is 3. The SMILES string of the molecule is COc1ccc(C(N)c2noc(C(C)(C)C)n2)cn1. The average Bonchev–Trinajstić information content (AvgIpc) is 2.87. The second-order valence-corrected chi connectivity index (χ2v) is 5.32. The van der Waals surface area contributed by atoms with Gasteiger partial charge in [-0.05, 0) is 5.56 Å². The Hall–Kier alpha value is -1.95. The predicted octanol–water partition coefficient (Wildman–Crippen LogP) is 1.82. The molecule has 0 bridgehead atoms. The largest absolute Gasteiger partial charge is 0.481 e. The molecule has 0 aliphatic heterocycles. The molecule has 6 nitrogen and oxygen atoms in total. The van der Waals surface area contributed by atoms with Gasteiger partial charge in [-0.3, -0.25) is 0 Å². The summed E-state index contributed by atoms with van der Waals surface area (Å²) in [6.45, 7) is 6.01. The van der Waals surface area contributed by atoms with Gasteiger partial charge in [0.05, 0.1) is 13.2 Å². The summed E-state index contributed by atoms with van der Waals surface area (Å²) in [6, 6.07) is 3.13. The summed E-state index contributed by atoms with van der Waals surface area (Å²) in [5.41, 5.74) is 6.71. The van der Waals surface area contributed by atoms with Crippen LogP contribution in [0.1, 0.15) is 44.1 Å². The number of methoxy groups -OCH3 is 1. The van der Waals surface area contributed by atoms with Crippen LogP contribution in [0.4, 0.5) is 0 Å². The van der Waals surface area contributed by atoms with Crippen LogP contribution in [0.25, 0.3) is 0 Å². The number of rotatable bonds is 3. The fourth-order valence-corrected chi connectivity index (χ4v) is 1.51. The second-order valence-electron chi connectivity index (χ2n) is 5.32. The van der Waals surface area contributed by atoms with Crippen molar-refractivity contribution in [2.75, 3.05) is 7.11 Å². The molecular weight excluding hydrogens is 244 g/mol. The smallest absolute Gasteiger partial charge is 0.232 e. The van der Waals surface area contributed by atoms with Gasteiger partial charge in [-0.2, -0.15) is 4.98 Å². The molecule has 2 aromatic rings. The van der Waals surface area contributed by atoms with Crippen molar-refractivity contribution in [3.8, 4) is 5.88 Å². The van der Waals surface area contributed by atoms with Crippen LogP contribution >= 0.6 is 0 Å². The Balaban J connectivity index is 2.23. The normalized spacial score (nSPS) is 13.3. The van der Waals surface area contributed by atoms with Gasteiger partial charge in [-0.1, -0.05) is 32.0 Å². The molecule has 2 rings (SSSR count). The van der Waals surface area contributed by atoms with Crippen molar-refractivity contribution in [2.45, 2.75) is 32.2 Å². The molecule has 0 aliphatic rings. The molecule has 6 heteroatoms. The maximum Gasteiger partial charge on any atom is 0.232 e. The van der Waals surface area contributed by atoms with E-state index in [0.717, 1.165) is 5.56 Å². The van der Waals surface area contributed by atoms with Gasteiger partial charge < -0.3 is 15.0 Å². The van der Waals surface area contributed by atoms with Crippen molar-refractivity contribution in [1.29, 1.82) is 0 Å². The van der Waals surface area contributed by atoms with E-state index in [4.69, 9.17) is 15.0 Å². The first-order chi connectivity index (χ1) is 8.91. The molecule has 2 heterocycles. The minimum Gasteiger partial charge on any atom is -0.481 e. The molecular formula is C13H18N4O2. The van der Waals surface area contributed by atoms with E-state index in [-0.39, 0.29) is 5.41 Å². The summed E-state index contributed by atoms with van der Waals surface area (Å²) in [5, 5.41) is 3.93. The van der Waals surface area contributed by atoms with Crippen molar-refractivity contribution in [2.24, 2.45) is 5.73 Å². The lowest BCUT2D eigenvalue weighted by molar-refractivity contribution is 0.317. The summed E-state index contributed by atoms with van der Waals surface area (Å²) in [5.74, 6) is 1.57. The molecule has 0 saturated heterocycles. The Morgan fingerprint density at radius 2 is 2.05 bits per heavy atom. The van der Waals surface area contributed by atoms with Crippen molar-refractivity contribution < 1.29 is 9.26 Å². The van der Waals surface area contributed by atoms with Crippen LogP contribution in [-0.4, -0.2) is 22.2 Å². The maximum atomic E-state index is 6.10. The quantitative estimate of drug-likeness (QED) is 0.907. The minimum absolute atomic E-state index is 0.191. The van der Waals surface area contributed by atoms with Crippen LogP contribution in [0.3, 0.4) is 0 Å². The van der Waals surface area contributed by atoms with Crippen LogP contribution < -0.4 is 10.5 Å². The zero-order valence-corrected chi connectivity index (χ0v) is 11.5. The molecule has 102 valence electrons. The van der Waals surface area contributed by atoms with Gasteiger partial charge in [0.2, 0.25) is 11.8 Å². The molecule has 0 spiro atoms. The summed E-state index contributed by atoms with van der Waals surface area (Å²) >= 11 is 0. The van der Waals surface area contributed by atoms with Crippen molar-refractivity contribution >= 4 is 0 Å². The van der Waals surface area contributed by atoms with Crippen LogP contribution in [0.15, 0.2) is 22.9 Å². The highest BCUT2D eigenvalue weighted by atomic mass is 16.5. The first-order valence-corrected chi connectivity index (χ1v) is 6.01. The first kappa shape index (κ1) is 13.5. The summed E-state index contributed by atoms with van der Waals surface area (Å²) in [7, 11) is 1.57. The molecule has 0 amide bonds. The standard InChI is InChI=1S/C13H18N4O2/c1-13(2,3)12-16-11(17-19-12)10(14)8-5-6-9(18-4)15-7-8/h5-7,10H,14H2,1-4H3. The van der Waals surface area contributed by atoms with Crippen molar-refractivity contribution in [3.05, 3.63) is 35.6 Å². The van der Waals surface area contributed by atoms with Gasteiger partial charge in [-0.25, -0.2) is 4.98 Å². The van der Waals surface area contributed by atoms with Crippen LogP contribution in [0.2, 0.25) is 0 Å². The molecule has 0 saturated carbocycles. The van der Waals surface area contributed by atoms with Gasteiger partial charge >= 0.3 is 0 Å². The van der Waals surface area contributed by atoms with Gasteiger partial charge in [0.1, 0.15) is 0 Å². The third-order valence-corrected chi connectivity index (χ3v) is 2.69. The lowest BCUT2D eigenvalue weighted by atomic mass is 9.97. The molecule has 0 radical (unpaired) electrons. The fraction of sp³-hybridized carbons (Fsp3) is 0.462. The molecule has 0 aliphatic carbocycles. The molecule has 0 aromatic carbocycles. The molecule has 19 heavy (non-hydrogen) atoms. The number of nitrogens with zero attached hydrogens (tertiary/aromatic N) is 3. The lowest BCUT2D eigenvalue weighted by Crippen LogP contribution is -2.15. The Morgan fingerprint density at radius 3 is 2.53 bits per heavy atom. The highest BCUT2D eigenvalue weighted by Crippen LogP contribution is 2.23. The Labute approximate surface area is 112 Å². The van der Waals surface area contributed by atoms with Crippen LogP contribution in [0.5, 0.6) is 5.88 Å². The van der Waals surface area contributed by atoms with E-state index >= 15 is 0 Å². The number of hydrogen-bond acceptors (Lipinski definition) is 6. The van der Waals surface area contributed by atoms with Gasteiger partial charge in [0.15, 0.2) is 5.82 Å². The highest BCUT2D eigenvalue weighted by Gasteiger charge is 2.24. The topological polar surface area (TPSA) is 87.1 Å². The molecule has 0 fully saturated rings. The average molecular weight is 262 g/mol. The Kier molecular flexibility index (Phi) is 3.53. The van der Waals surface area contributed by atoms with E-state index in [1.807, 2.05) is 26.8 Å². The second kappa shape index (κ2) is 4.97. The third kappa shape index (κ3) is 2.90. The summed E-state index contributed by atoms with van der Waals surface area (Å²) in [4.78, 5) is 8.45. The van der Waals surface area contributed by atoms with Crippen molar-refractivity contribution in [1.82, 2.24) is 15.1 Å². The van der Waals surface area contributed by atoms with E-state index in [1.165, 1.54) is 0 Å². The van der Waals surface area contributed by atoms with E-state index < -0.39 is 6.04 Å². The van der Waals surface area contributed by atoms with Crippen molar-refractivity contribution in [3.63, 3.8) is 0 Å². The Morgan fingerprint density at radius 1 is 1.32 bits per heavy atom. The third-order valence-electron chi connectivity index (χ3n) is 2.69. The predicted molar refractivity (Wildman–Crippen MR) is 69.8 cm³/mol. The van der Waals surface area contributed by atoms with Gasteiger partial charge in [-0.15, -0.1) is 0 Å². The zero-order valence-electron chi connectivity index (χ0n) is 11.5. The number of nitrogens with two attached hydrogens (primary N) is 1. The van der Waals surface area contributed by atoms with Crippen LogP contribution in [0, 0.1) is 0 Å². The summed E-state index contributed by atoms with van der Waals surface area (Å²) < 4.78 is 10.2. The highest BCUT2D eigenvalue weighted by molar-refractivity contribution is 5.24. The fourth-order valence-electron chi connectivity index (χ4n) is 1.51. The van der Waals surface area contributed by atoms with E-state index in [0.29, 0.717) is 17.6 Å². The summed E-state index contributed by atoms with van der Waals surface area (Å²) in [6.07, 6.45) is 1.65. The number of hydrogen-bond donors (Lipinski definition) is 1. The maximum absolute atomic E-state index is 6.10. The monoisotopic (exact) mass is 262 g/mol. The van der Waals surface area contributed by atoms with Gasteiger partial charge in [0.25, 0.3) is 0 Å². The number of ether oxygens (including phenoxy) is 1. The first-order valence-electron chi connectivity index (χ1n) is 6.01. The molecule has 2 aromatic heterocycles. The molecule has 1 atom stereocenters. The van der Waals surface area contributed by atoms with Gasteiger partial charge in [0, 0.05) is 17.7 Å². The Bertz CT molecular complexity index is 543. The minimum atomic E-state index is -0.460. The number of pyridine rings is 1. The molecule has 1 unspecified atom stereocenters.